The highest BCUT2D eigenvalue weighted by Crippen LogP contribution is 2.20. The van der Waals surface area contributed by atoms with E-state index < -0.39 is 0 Å². The van der Waals surface area contributed by atoms with Crippen molar-refractivity contribution in [3.63, 3.8) is 0 Å². The molecule has 0 amide bonds. The molecular weight excluding hydrogens is 178 g/mol. The molecule has 0 aliphatic carbocycles. The van der Waals surface area contributed by atoms with Crippen molar-refractivity contribution in [3.8, 4) is 0 Å². The molecule has 2 heterocycles. The van der Waals surface area contributed by atoms with Crippen LogP contribution in [-0.2, 0) is 0 Å². The van der Waals surface area contributed by atoms with Crippen LogP contribution in [0.4, 0.5) is 0 Å². The SMILES string of the molecule is Cl.c1nnc(C2CCCNC2)o1. The van der Waals surface area contributed by atoms with E-state index >= 15 is 0 Å². The molecule has 1 aromatic heterocycles. The van der Waals surface area contributed by atoms with Crippen LogP contribution in [0.3, 0.4) is 0 Å². The van der Waals surface area contributed by atoms with E-state index in [9.17, 15) is 0 Å². The van der Waals surface area contributed by atoms with E-state index in [1.54, 1.807) is 0 Å². The Morgan fingerprint density at radius 1 is 1.58 bits per heavy atom. The molecule has 0 radical (unpaired) electrons. The number of hydrogen-bond acceptors (Lipinski definition) is 4. The number of rotatable bonds is 1. The molecule has 1 aliphatic rings. The lowest BCUT2D eigenvalue weighted by Gasteiger charge is -2.18. The van der Waals surface area contributed by atoms with E-state index in [1.807, 2.05) is 0 Å². The van der Waals surface area contributed by atoms with Gasteiger partial charge in [0, 0.05) is 12.5 Å². The topological polar surface area (TPSA) is 51.0 Å². The van der Waals surface area contributed by atoms with Gasteiger partial charge in [-0.25, -0.2) is 0 Å². The number of nitrogens with one attached hydrogen (secondary N) is 1. The average Bonchev–Trinajstić information content (AvgIpc) is 2.58. The Labute approximate surface area is 77.2 Å². The summed E-state index contributed by atoms with van der Waals surface area (Å²) in [6.07, 6.45) is 3.76. The van der Waals surface area contributed by atoms with Crippen LogP contribution in [-0.4, -0.2) is 23.3 Å². The van der Waals surface area contributed by atoms with Gasteiger partial charge in [0.25, 0.3) is 0 Å². The molecule has 0 bridgehead atoms. The number of hydrogen-bond donors (Lipinski definition) is 1. The average molecular weight is 190 g/mol. The molecular formula is C7H12ClN3O. The maximum atomic E-state index is 5.11. The quantitative estimate of drug-likeness (QED) is 0.715. The standard InChI is InChI=1S/C7H11N3O.ClH/c1-2-6(4-8-3-1)7-10-9-5-11-7;/h5-6,8H,1-4H2;1H. The van der Waals surface area contributed by atoms with E-state index in [0.717, 1.165) is 25.4 Å². The van der Waals surface area contributed by atoms with Gasteiger partial charge in [-0.05, 0) is 19.4 Å². The first-order chi connectivity index (χ1) is 5.47. The lowest BCUT2D eigenvalue weighted by atomic mass is 10.00. The van der Waals surface area contributed by atoms with Crippen LogP contribution in [0.25, 0.3) is 0 Å². The molecule has 4 nitrogen and oxygen atoms in total. The van der Waals surface area contributed by atoms with Crippen LogP contribution >= 0.6 is 12.4 Å². The van der Waals surface area contributed by atoms with E-state index in [2.05, 4.69) is 15.5 Å². The Hall–Kier alpha value is -0.610. The van der Waals surface area contributed by atoms with Gasteiger partial charge >= 0.3 is 0 Å². The summed E-state index contributed by atoms with van der Waals surface area (Å²) >= 11 is 0. The van der Waals surface area contributed by atoms with Gasteiger partial charge in [-0.3, -0.25) is 0 Å². The number of halogens is 1. The van der Waals surface area contributed by atoms with Gasteiger partial charge in [0.05, 0.1) is 0 Å². The lowest BCUT2D eigenvalue weighted by Crippen LogP contribution is -2.28. The van der Waals surface area contributed by atoms with Crippen molar-refractivity contribution < 1.29 is 4.42 Å². The first-order valence-electron chi connectivity index (χ1n) is 3.93. The molecule has 2 rings (SSSR count). The monoisotopic (exact) mass is 189 g/mol. The second-order valence-electron chi connectivity index (χ2n) is 2.82. The summed E-state index contributed by atoms with van der Waals surface area (Å²) in [6.45, 7) is 2.09. The molecule has 1 unspecified atom stereocenters. The number of piperidine rings is 1. The zero-order chi connectivity index (χ0) is 7.52. The van der Waals surface area contributed by atoms with Crippen molar-refractivity contribution in [3.05, 3.63) is 12.3 Å². The third-order valence-corrected chi connectivity index (χ3v) is 2.02. The van der Waals surface area contributed by atoms with Crippen LogP contribution in [0.1, 0.15) is 24.7 Å². The minimum atomic E-state index is 0. The highest BCUT2D eigenvalue weighted by molar-refractivity contribution is 5.85. The largest absolute Gasteiger partial charge is 0.428 e. The summed E-state index contributed by atoms with van der Waals surface area (Å²) in [5, 5.41) is 10.8. The van der Waals surface area contributed by atoms with E-state index in [0.29, 0.717) is 5.92 Å². The maximum absolute atomic E-state index is 5.11. The fourth-order valence-electron chi connectivity index (χ4n) is 1.42. The predicted octanol–water partition coefficient (Wildman–Crippen LogP) is 0.958. The summed E-state index contributed by atoms with van der Waals surface area (Å²) in [6, 6.07) is 0. The Bertz CT molecular complexity index is 208. The van der Waals surface area contributed by atoms with Gasteiger partial charge in [-0.1, -0.05) is 0 Å². The summed E-state index contributed by atoms with van der Waals surface area (Å²) in [4.78, 5) is 0. The summed E-state index contributed by atoms with van der Waals surface area (Å²) in [5.74, 6) is 1.21. The molecule has 0 spiro atoms. The fraction of sp³-hybridized carbons (Fsp3) is 0.714. The third-order valence-electron chi connectivity index (χ3n) is 2.02. The Morgan fingerprint density at radius 3 is 3.08 bits per heavy atom. The van der Waals surface area contributed by atoms with Crippen molar-refractivity contribution in [2.45, 2.75) is 18.8 Å². The molecule has 1 N–H and O–H groups in total. The lowest BCUT2D eigenvalue weighted by molar-refractivity contribution is 0.376. The van der Waals surface area contributed by atoms with Crippen LogP contribution in [0.15, 0.2) is 10.8 Å². The molecule has 12 heavy (non-hydrogen) atoms. The molecule has 1 aliphatic heterocycles. The molecule has 1 atom stereocenters. The van der Waals surface area contributed by atoms with Crippen molar-refractivity contribution in [1.82, 2.24) is 15.5 Å². The van der Waals surface area contributed by atoms with Crippen molar-refractivity contribution in [2.24, 2.45) is 0 Å². The van der Waals surface area contributed by atoms with E-state index in [4.69, 9.17) is 4.42 Å². The van der Waals surface area contributed by atoms with Gasteiger partial charge in [-0.2, -0.15) is 0 Å². The number of aromatic nitrogens is 2. The normalized spacial score (nSPS) is 23.2. The van der Waals surface area contributed by atoms with Crippen LogP contribution < -0.4 is 5.32 Å². The van der Waals surface area contributed by atoms with E-state index in [-0.39, 0.29) is 12.4 Å². The van der Waals surface area contributed by atoms with Crippen molar-refractivity contribution >= 4 is 12.4 Å². The Morgan fingerprint density at radius 2 is 2.50 bits per heavy atom. The maximum Gasteiger partial charge on any atom is 0.220 e. The first-order valence-corrected chi connectivity index (χ1v) is 3.93. The fourth-order valence-corrected chi connectivity index (χ4v) is 1.42. The smallest absolute Gasteiger partial charge is 0.220 e. The van der Waals surface area contributed by atoms with Crippen LogP contribution in [0.2, 0.25) is 0 Å². The minimum Gasteiger partial charge on any atom is -0.428 e. The van der Waals surface area contributed by atoms with Gasteiger partial charge < -0.3 is 9.73 Å². The summed E-state index contributed by atoms with van der Waals surface area (Å²) in [5.41, 5.74) is 0. The van der Waals surface area contributed by atoms with Crippen LogP contribution in [0.5, 0.6) is 0 Å². The minimum absolute atomic E-state index is 0. The Kier molecular flexibility index (Phi) is 3.49. The van der Waals surface area contributed by atoms with Gasteiger partial charge in [0.2, 0.25) is 12.3 Å². The summed E-state index contributed by atoms with van der Waals surface area (Å²) < 4.78 is 5.11. The third kappa shape index (κ3) is 1.95. The highest BCUT2D eigenvalue weighted by Gasteiger charge is 2.18. The molecule has 1 fully saturated rings. The van der Waals surface area contributed by atoms with Crippen LogP contribution in [0, 0.1) is 0 Å². The zero-order valence-corrected chi connectivity index (χ0v) is 7.51. The molecule has 5 heteroatoms. The molecule has 0 saturated carbocycles. The predicted molar refractivity (Wildman–Crippen MR) is 46.4 cm³/mol. The second-order valence-corrected chi connectivity index (χ2v) is 2.82. The molecule has 1 saturated heterocycles. The first kappa shape index (κ1) is 9.48. The van der Waals surface area contributed by atoms with E-state index in [1.165, 1.54) is 12.8 Å². The molecule has 0 aromatic carbocycles. The summed E-state index contributed by atoms with van der Waals surface area (Å²) in [7, 11) is 0. The molecule has 1 aromatic rings. The van der Waals surface area contributed by atoms with Gasteiger partial charge in [0.15, 0.2) is 0 Å². The Balaban J connectivity index is 0.000000720. The number of nitrogens with zero attached hydrogens (tertiary/aromatic N) is 2. The zero-order valence-electron chi connectivity index (χ0n) is 6.69. The second kappa shape index (κ2) is 4.42. The van der Waals surface area contributed by atoms with Crippen molar-refractivity contribution in [1.29, 1.82) is 0 Å². The molecule has 68 valence electrons. The van der Waals surface area contributed by atoms with Gasteiger partial charge in [-0.15, -0.1) is 22.6 Å². The van der Waals surface area contributed by atoms with Crippen molar-refractivity contribution in [2.75, 3.05) is 13.1 Å². The van der Waals surface area contributed by atoms with Gasteiger partial charge in [0.1, 0.15) is 0 Å². The highest BCUT2D eigenvalue weighted by atomic mass is 35.5.